The molecule has 0 atom stereocenters. The molecular weight excluding hydrogens is 226 g/mol. The van der Waals surface area contributed by atoms with Gasteiger partial charge in [-0.2, -0.15) is 9.64 Å². The number of nitriles is 1. The molecule has 1 amide bonds. The summed E-state index contributed by atoms with van der Waals surface area (Å²) in [6.07, 6.45) is -0.576. The topological polar surface area (TPSA) is 75.0 Å². The number of aryl methyl sites for hydroxylation is 1. The Balaban J connectivity index is 2.75. The summed E-state index contributed by atoms with van der Waals surface area (Å²) in [7, 11) is 0. The lowest BCUT2D eigenvalue weighted by molar-refractivity contribution is 0.0636. The normalized spacial score (nSPS) is 10.7. The quantitative estimate of drug-likeness (QED) is 0.817. The molecule has 86 valence electrons. The second-order valence-corrected chi connectivity index (χ2v) is 4.98. The first kappa shape index (κ1) is 12.5. The molecule has 1 N–H and O–H groups in total. The molecule has 0 spiro atoms. The van der Waals surface area contributed by atoms with E-state index in [4.69, 9.17) is 10.00 Å². The Kier molecular flexibility index (Phi) is 3.50. The highest BCUT2D eigenvalue weighted by molar-refractivity contribution is 7.10. The van der Waals surface area contributed by atoms with Crippen LogP contribution in [0.2, 0.25) is 0 Å². The third-order valence-corrected chi connectivity index (χ3v) is 2.44. The number of aromatic nitrogens is 1. The third-order valence-electron chi connectivity index (χ3n) is 1.59. The van der Waals surface area contributed by atoms with Crippen LogP contribution in [0.25, 0.3) is 0 Å². The summed E-state index contributed by atoms with van der Waals surface area (Å²) >= 11 is 1.07. The molecule has 1 aromatic rings. The summed E-state index contributed by atoms with van der Waals surface area (Å²) in [6, 6.07) is 1.99. The maximum atomic E-state index is 11.4. The van der Waals surface area contributed by atoms with Crippen LogP contribution in [-0.2, 0) is 4.74 Å². The number of carbonyl (C=O) groups excluding carboxylic acids is 1. The number of rotatable bonds is 1. The summed E-state index contributed by atoms with van der Waals surface area (Å²) in [4.78, 5) is 11.4. The van der Waals surface area contributed by atoms with Crippen molar-refractivity contribution in [1.82, 2.24) is 4.37 Å². The van der Waals surface area contributed by atoms with Gasteiger partial charge in [-0.3, -0.25) is 5.32 Å². The monoisotopic (exact) mass is 239 g/mol. The Morgan fingerprint density at radius 2 is 2.19 bits per heavy atom. The lowest BCUT2D eigenvalue weighted by Crippen LogP contribution is -2.27. The zero-order valence-electron chi connectivity index (χ0n) is 9.62. The molecule has 0 aliphatic rings. The van der Waals surface area contributed by atoms with Crippen LogP contribution < -0.4 is 5.32 Å². The molecule has 6 heteroatoms. The fourth-order valence-corrected chi connectivity index (χ4v) is 1.72. The number of hydrogen-bond acceptors (Lipinski definition) is 5. The van der Waals surface area contributed by atoms with E-state index >= 15 is 0 Å². The first-order valence-corrected chi connectivity index (χ1v) is 5.47. The van der Waals surface area contributed by atoms with Gasteiger partial charge in [0.25, 0.3) is 0 Å². The van der Waals surface area contributed by atoms with E-state index in [2.05, 4.69) is 9.69 Å². The molecule has 0 aliphatic heterocycles. The van der Waals surface area contributed by atoms with Gasteiger partial charge < -0.3 is 4.74 Å². The summed E-state index contributed by atoms with van der Waals surface area (Å²) in [5.74, 6) is 0. The van der Waals surface area contributed by atoms with Crippen LogP contribution in [-0.4, -0.2) is 16.1 Å². The van der Waals surface area contributed by atoms with Gasteiger partial charge in [-0.15, -0.1) is 0 Å². The zero-order valence-corrected chi connectivity index (χ0v) is 10.4. The second-order valence-electron chi connectivity index (χ2n) is 4.21. The average Bonchev–Trinajstić information content (AvgIpc) is 2.43. The highest BCUT2D eigenvalue weighted by Gasteiger charge is 2.19. The lowest BCUT2D eigenvalue weighted by atomic mass is 10.2. The van der Waals surface area contributed by atoms with Gasteiger partial charge in [0.1, 0.15) is 22.2 Å². The Bertz CT molecular complexity index is 440. The molecule has 16 heavy (non-hydrogen) atoms. The Hall–Kier alpha value is -1.61. The molecule has 1 aromatic heterocycles. The minimum Gasteiger partial charge on any atom is -0.444 e. The van der Waals surface area contributed by atoms with E-state index < -0.39 is 11.7 Å². The highest BCUT2D eigenvalue weighted by atomic mass is 32.1. The van der Waals surface area contributed by atoms with Gasteiger partial charge >= 0.3 is 6.09 Å². The zero-order chi connectivity index (χ0) is 12.3. The van der Waals surface area contributed by atoms with E-state index in [1.54, 1.807) is 27.7 Å². The van der Waals surface area contributed by atoms with Gasteiger partial charge in [-0.25, -0.2) is 4.79 Å². The smallest absolute Gasteiger partial charge is 0.412 e. The van der Waals surface area contributed by atoms with Crippen LogP contribution in [0.4, 0.5) is 9.80 Å². The second kappa shape index (κ2) is 4.49. The SMILES string of the molecule is Cc1nsc(NC(=O)OC(C)(C)C)c1C#N. The Morgan fingerprint density at radius 1 is 1.56 bits per heavy atom. The van der Waals surface area contributed by atoms with E-state index in [0.717, 1.165) is 11.5 Å². The molecule has 1 heterocycles. The highest BCUT2D eigenvalue weighted by Crippen LogP contribution is 2.23. The number of amides is 1. The molecule has 0 fully saturated rings. The van der Waals surface area contributed by atoms with Crippen molar-refractivity contribution in [2.75, 3.05) is 5.32 Å². The van der Waals surface area contributed by atoms with Crippen molar-refractivity contribution >= 4 is 22.6 Å². The van der Waals surface area contributed by atoms with Crippen molar-refractivity contribution in [2.45, 2.75) is 33.3 Å². The maximum Gasteiger partial charge on any atom is 0.412 e. The first-order chi connectivity index (χ1) is 7.33. The van der Waals surface area contributed by atoms with Crippen LogP contribution in [0.15, 0.2) is 0 Å². The van der Waals surface area contributed by atoms with Crippen LogP contribution in [0.1, 0.15) is 32.0 Å². The summed E-state index contributed by atoms with van der Waals surface area (Å²) < 4.78 is 9.06. The minimum absolute atomic E-state index is 0.385. The molecule has 0 bridgehead atoms. The van der Waals surface area contributed by atoms with E-state index in [-0.39, 0.29) is 0 Å². The molecule has 1 rings (SSSR count). The number of hydrogen-bond donors (Lipinski definition) is 1. The van der Waals surface area contributed by atoms with E-state index in [0.29, 0.717) is 16.3 Å². The van der Waals surface area contributed by atoms with Gasteiger partial charge in [0.05, 0.1) is 5.69 Å². The van der Waals surface area contributed by atoms with Gasteiger partial charge in [0.2, 0.25) is 0 Å². The van der Waals surface area contributed by atoms with Crippen LogP contribution in [0.5, 0.6) is 0 Å². The fourth-order valence-electron chi connectivity index (χ4n) is 0.983. The molecule has 0 aliphatic carbocycles. The van der Waals surface area contributed by atoms with E-state index in [1.165, 1.54) is 0 Å². The van der Waals surface area contributed by atoms with Crippen molar-refractivity contribution in [3.63, 3.8) is 0 Å². The number of nitrogens with zero attached hydrogens (tertiary/aromatic N) is 2. The molecule has 5 nitrogen and oxygen atoms in total. The first-order valence-electron chi connectivity index (χ1n) is 4.70. The van der Waals surface area contributed by atoms with Gasteiger partial charge in [0.15, 0.2) is 0 Å². The molecule has 0 aromatic carbocycles. The Morgan fingerprint density at radius 3 is 2.69 bits per heavy atom. The lowest BCUT2D eigenvalue weighted by Gasteiger charge is -2.19. The maximum absolute atomic E-state index is 11.4. The molecule has 0 saturated carbocycles. The van der Waals surface area contributed by atoms with Crippen molar-refractivity contribution in [2.24, 2.45) is 0 Å². The van der Waals surface area contributed by atoms with Gasteiger partial charge in [0, 0.05) is 0 Å². The molecular formula is C10H13N3O2S. The van der Waals surface area contributed by atoms with Crippen molar-refractivity contribution < 1.29 is 9.53 Å². The summed E-state index contributed by atoms with van der Waals surface area (Å²) in [5, 5.41) is 11.8. The third kappa shape index (κ3) is 3.21. The minimum atomic E-state index is -0.576. The standard InChI is InChI=1S/C10H13N3O2S/c1-6-7(5-11)8(16-13-6)12-9(14)15-10(2,3)4/h1-4H3,(H,12,14). The fraction of sp³-hybridized carbons (Fsp3) is 0.500. The average molecular weight is 239 g/mol. The van der Waals surface area contributed by atoms with E-state index in [1.807, 2.05) is 6.07 Å². The Labute approximate surface area is 98.2 Å². The molecule has 0 saturated heterocycles. The van der Waals surface area contributed by atoms with E-state index in [9.17, 15) is 4.79 Å². The number of ether oxygens (including phenoxy) is 1. The van der Waals surface area contributed by atoms with Gasteiger partial charge in [-0.1, -0.05) is 0 Å². The predicted octanol–water partition coefficient (Wildman–Crippen LogP) is 2.67. The summed E-state index contributed by atoms with van der Waals surface area (Å²) in [6.45, 7) is 7.04. The number of carbonyl (C=O) groups is 1. The number of anilines is 1. The van der Waals surface area contributed by atoms with Crippen molar-refractivity contribution in [3.05, 3.63) is 11.3 Å². The van der Waals surface area contributed by atoms with Crippen LogP contribution >= 0.6 is 11.5 Å². The molecule has 0 radical (unpaired) electrons. The van der Waals surface area contributed by atoms with Crippen LogP contribution in [0, 0.1) is 18.3 Å². The van der Waals surface area contributed by atoms with Crippen molar-refractivity contribution in [1.29, 1.82) is 5.26 Å². The van der Waals surface area contributed by atoms with Crippen LogP contribution in [0.3, 0.4) is 0 Å². The number of nitrogens with one attached hydrogen (secondary N) is 1. The van der Waals surface area contributed by atoms with Gasteiger partial charge in [-0.05, 0) is 39.2 Å². The largest absolute Gasteiger partial charge is 0.444 e. The molecule has 0 unspecified atom stereocenters. The van der Waals surface area contributed by atoms with Crippen molar-refractivity contribution in [3.8, 4) is 6.07 Å². The predicted molar refractivity (Wildman–Crippen MR) is 61.4 cm³/mol. The summed E-state index contributed by atoms with van der Waals surface area (Å²) in [5.41, 5.74) is 0.436.